The molecule has 0 aliphatic heterocycles. The highest BCUT2D eigenvalue weighted by Gasteiger charge is 2.11. The fourth-order valence-electron chi connectivity index (χ4n) is 1.50. The van der Waals surface area contributed by atoms with Gasteiger partial charge in [0.15, 0.2) is 0 Å². The summed E-state index contributed by atoms with van der Waals surface area (Å²) >= 11 is 5.70. The van der Waals surface area contributed by atoms with Gasteiger partial charge in [-0.1, -0.05) is 12.1 Å². The summed E-state index contributed by atoms with van der Waals surface area (Å²) in [5, 5.41) is 3.00. The molecule has 0 bridgehead atoms. The minimum atomic E-state index is -0.627. The lowest BCUT2D eigenvalue weighted by atomic mass is 10.2. The summed E-state index contributed by atoms with van der Waals surface area (Å²) < 4.78 is 0. The van der Waals surface area contributed by atoms with Gasteiger partial charge < -0.3 is 16.8 Å². The molecule has 2 aromatic rings. The van der Waals surface area contributed by atoms with Crippen LogP contribution in [0, 0.1) is 0 Å². The number of aromatic nitrogens is 2. The highest BCUT2D eigenvalue weighted by molar-refractivity contribution is 6.28. The Morgan fingerprint density at radius 3 is 2.58 bits per heavy atom. The number of nitrogens with two attached hydrogens (primary N) is 2. The number of primary amides is 1. The third-order valence-corrected chi connectivity index (χ3v) is 2.66. The van der Waals surface area contributed by atoms with Crippen molar-refractivity contribution in [1.82, 2.24) is 9.97 Å². The summed E-state index contributed by atoms with van der Waals surface area (Å²) in [5.74, 6) is -0.356. The van der Waals surface area contributed by atoms with E-state index in [1.807, 2.05) is 24.3 Å². The molecule has 0 unspecified atom stereocenters. The van der Waals surface area contributed by atoms with E-state index in [1.54, 1.807) is 0 Å². The standard InChI is InChI=1S/C12H12ClN5O/c13-12-16-6-9(10(15)19)11(18-12)17-8-3-1-7(5-14)2-4-8/h1-4,6H,5,14H2,(H2,15,19)(H,16,17,18). The van der Waals surface area contributed by atoms with Crippen LogP contribution >= 0.6 is 11.6 Å². The van der Waals surface area contributed by atoms with Crippen molar-refractivity contribution in [3.63, 3.8) is 0 Å². The van der Waals surface area contributed by atoms with Gasteiger partial charge in [0.25, 0.3) is 5.91 Å². The molecule has 0 radical (unpaired) electrons. The van der Waals surface area contributed by atoms with Crippen molar-refractivity contribution in [3.8, 4) is 0 Å². The summed E-state index contributed by atoms with van der Waals surface area (Å²) in [6.07, 6.45) is 1.29. The molecule has 0 atom stereocenters. The Hall–Kier alpha value is -2.18. The van der Waals surface area contributed by atoms with Crippen molar-refractivity contribution in [2.75, 3.05) is 5.32 Å². The largest absolute Gasteiger partial charge is 0.365 e. The van der Waals surface area contributed by atoms with Crippen LogP contribution in [-0.2, 0) is 6.54 Å². The third kappa shape index (κ3) is 3.18. The van der Waals surface area contributed by atoms with Gasteiger partial charge >= 0.3 is 0 Å². The maximum absolute atomic E-state index is 11.3. The SMILES string of the molecule is NCc1ccc(Nc2nc(Cl)ncc2C(N)=O)cc1. The number of hydrogen-bond acceptors (Lipinski definition) is 5. The molecule has 0 aliphatic rings. The van der Waals surface area contributed by atoms with Crippen LogP contribution in [0.2, 0.25) is 5.28 Å². The van der Waals surface area contributed by atoms with Gasteiger partial charge in [-0.3, -0.25) is 4.79 Å². The smallest absolute Gasteiger partial charge is 0.254 e. The van der Waals surface area contributed by atoms with E-state index >= 15 is 0 Å². The first-order chi connectivity index (χ1) is 9.10. The Kier molecular flexibility index (Phi) is 3.94. The Labute approximate surface area is 114 Å². The van der Waals surface area contributed by atoms with Crippen molar-refractivity contribution in [1.29, 1.82) is 0 Å². The van der Waals surface area contributed by atoms with E-state index in [9.17, 15) is 4.79 Å². The summed E-state index contributed by atoms with van der Waals surface area (Å²) in [6, 6.07) is 7.39. The highest BCUT2D eigenvalue weighted by atomic mass is 35.5. The molecule has 0 fully saturated rings. The van der Waals surface area contributed by atoms with Crippen LogP contribution in [0.5, 0.6) is 0 Å². The molecule has 0 saturated heterocycles. The molecule has 1 amide bonds. The minimum absolute atomic E-state index is 0.0334. The molecule has 0 aliphatic carbocycles. The molecule has 1 aromatic carbocycles. The van der Waals surface area contributed by atoms with Gasteiger partial charge in [0.2, 0.25) is 5.28 Å². The van der Waals surface area contributed by atoms with Gasteiger partial charge in [0.1, 0.15) is 11.4 Å². The van der Waals surface area contributed by atoms with Gasteiger partial charge in [-0.2, -0.15) is 4.98 Å². The first-order valence-corrected chi connectivity index (χ1v) is 5.86. The topological polar surface area (TPSA) is 107 Å². The van der Waals surface area contributed by atoms with Crippen molar-refractivity contribution in [2.24, 2.45) is 11.5 Å². The van der Waals surface area contributed by atoms with Crippen LogP contribution in [0.4, 0.5) is 11.5 Å². The highest BCUT2D eigenvalue weighted by Crippen LogP contribution is 2.19. The molecule has 19 heavy (non-hydrogen) atoms. The van der Waals surface area contributed by atoms with Gasteiger partial charge in [-0.05, 0) is 29.3 Å². The Morgan fingerprint density at radius 2 is 2.00 bits per heavy atom. The fourth-order valence-corrected chi connectivity index (χ4v) is 1.63. The minimum Gasteiger partial charge on any atom is -0.365 e. The quantitative estimate of drug-likeness (QED) is 0.733. The Morgan fingerprint density at radius 1 is 1.32 bits per heavy atom. The van der Waals surface area contributed by atoms with Crippen molar-refractivity contribution >= 4 is 29.0 Å². The Bertz CT molecular complexity index is 600. The van der Waals surface area contributed by atoms with Crippen molar-refractivity contribution < 1.29 is 4.79 Å². The van der Waals surface area contributed by atoms with Crippen LogP contribution in [0.3, 0.4) is 0 Å². The lowest BCUT2D eigenvalue weighted by Gasteiger charge is -2.09. The molecule has 1 heterocycles. The van der Waals surface area contributed by atoms with Crippen LogP contribution in [-0.4, -0.2) is 15.9 Å². The van der Waals surface area contributed by atoms with E-state index < -0.39 is 5.91 Å². The number of hydrogen-bond donors (Lipinski definition) is 3. The lowest BCUT2D eigenvalue weighted by Crippen LogP contribution is -2.15. The summed E-state index contributed by atoms with van der Waals surface area (Å²) in [5.41, 5.74) is 12.7. The monoisotopic (exact) mass is 277 g/mol. The van der Waals surface area contributed by atoms with Crippen molar-refractivity contribution in [3.05, 3.63) is 46.9 Å². The third-order valence-electron chi connectivity index (χ3n) is 2.48. The molecule has 2 rings (SSSR count). The van der Waals surface area contributed by atoms with Gasteiger partial charge in [0.05, 0.1) is 0 Å². The van der Waals surface area contributed by atoms with E-state index in [0.29, 0.717) is 6.54 Å². The number of rotatable bonds is 4. The Balaban J connectivity index is 2.31. The number of anilines is 2. The lowest BCUT2D eigenvalue weighted by molar-refractivity contribution is 0.100. The zero-order valence-corrected chi connectivity index (χ0v) is 10.7. The van der Waals surface area contributed by atoms with Gasteiger partial charge in [0, 0.05) is 18.4 Å². The van der Waals surface area contributed by atoms with Gasteiger partial charge in [-0.25, -0.2) is 4.98 Å². The fraction of sp³-hybridized carbons (Fsp3) is 0.0833. The molecule has 98 valence electrons. The van der Waals surface area contributed by atoms with E-state index in [2.05, 4.69) is 15.3 Å². The number of amides is 1. The molecule has 0 saturated carbocycles. The van der Waals surface area contributed by atoms with Crippen LogP contribution in [0.1, 0.15) is 15.9 Å². The molecule has 5 N–H and O–H groups in total. The number of halogens is 1. The van der Waals surface area contributed by atoms with Crippen LogP contribution < -0.4 is 16.8 Å². The molecule has 7 heteroatoms. The maximum atomic E-state index is 11.3. The number of nitrogens with zero attached hydrogens (tertiary/aromatic N) is 2. The van der Waals surface area contributed by atoms with Crippen molar-refractivity contribution in [2.45, 2.75) is 6.54 Å². The van der Waals surface area contributed by atoms with E-state index in [1.165, 1.54) is 6.20 Å². The zero-order chi connectivity index (χ0) is 13.8. The summed E-state index contributed by atoms with van der Waals surface area (Å²) in [7, 11) is 0. The predicted octanol–water partition coefficient (Wildman–Crippen LogP) is 1.43. The molecular formula is C12H12ClN5O. The summed E-state index contributed by atoms with van der Waals surface area (Å²) in [4.78, 5) is 18.9. The first-order valence-electron chi connectivity index (χ1n) is 5.48. The van der Waals surface area contributed by atoms with Gasteiger partial charge in [-0.15, -0.1) is 0 Å². The second kappa shape index (κ2) is 5.64. The zero-order valence-electron chi connectivity index (χ0n) is 9.93. The number of nitrogens with one attached hydrogen (secondary N) is 1. The van der Waals surface area contributed by atoms with E-state index in [4.69, 9.17) is 23.1 Å². The average Bonchev–Trinajstić information content (AvgIpc) is 2.39. The summed E-state index contributed by atoms with van der Waals surface area (Å²) in [6.45, 7) is 0.464. The second-order valence-corrected chi connectivity index (χ2v) is 4.13. The van der Waals surface area contributed by atoms with E-state index in [0.717, 1.165) is 11.3 Å². The average molecular weight is 278 g/mol. The number of carbonyl (C=O) groups excluding carboxylic acids is 1. The van der Waals surface area contributed by atoms with Crippen LogP contribution in [0.25, 0.3) is 0 Å². The second-order valence-electron chi connectivity index (χ2n) is 3.79. The maximum Gasteiger partial charge on any atom is 0.254 e. The normalized spacial score (nSPS) is 10.2. The molecule has 1 aromatic heterocycles. The number of carbonyl (C=O) groups is 1. The van der Waals surface area contributed by atoms with Crippen LogP contribution in [0.15, 0.2) is 30.5 Å². The molecule has 0 spiro atoms. The molecule has 6 nitrogen and oxygen atoms in total. The predicted molar refractivity (Wildman–Crippen MR) is 73.2 cm³/mol. The number of benzene rings is 1. The molecular weight excluding hydrogens is 266 g/mol. The van der Waals surface area contributed by atoms with E-state index in [-0.39, 0.29) is 16.7 Å². The first kappa shape index (κ1) is 13.3.